The van der Waals surface area contributed by atoms with Crippen LogP contribution in [0.5, 0.6) is 0 Å². The van der Waals surface area contributed by atoms with Gasteiger partial charge in [0.1, 0.15) is 0 Å². The van der Waals surface area contributed by atoms with Gasteiger partial charge in [-0.25, -0.2) is 0 Å². The van der Waals surface area contributed by atoms with E-state index in [0.717, 1.165) is 6.54 Å². The summed E-state index contributed by atoms with van der Waals surface area (Å²) in [5.41, 5.74) is 2.22. The van der Waals surface area contributed by atoms with Gasteiger partial charge in [-0.05, 0) is 20.5 Å². The summed E-state index contributed by atoms with van der Waals surface area (Å²) in [5, 5.41) is 1.63. The zero-order valence-electron chi connectivity index (χ0n) is 11.0. The first-order valence-corrected chi connectivity index (χ1v) is 7.36. The lowest BCUT2D eigenvalue weighted by molar-refractivity contribution is 0.554. The van der Waals surface area contributed by atoms with Crippen LogP contribution in [0.2, 0.25) is 0 Å². The zero-order valence-corrected chi connectivity index (χ0v) is 12.8. The Bertz CT molecular complexity index is 339. The Labute approximate surface area is 97.6 Å². The minimum absolute atomic E-state index is 0.303. The van der Waals surface area contributed by atoms with E-state index in [1.807, 2.05) is 0 Å². The highest BCUT2D eigenvalue weighted by atomic mass is 31.1. The van der Waals surface area contributed by atoms with Crippen molar-refractivity contribution >= 4 is 16.5 Å². The van der Waals surface area contributed by atoms with Crippen molar-refractivity contribution in [1.29, 1.82) is 0 Å². The van der Waals surface area contributed by atoms with Gasteiger partial charge in [0, 0.05) is 25.3 Å². The smallest absolute Gasteiger partial charge is 0.0546 e. The maximum Gasteiger partial charge on any atom is 0.0546 e. The van der Waals surface area contributed by atoms with Crippen LogP contribution in [-0.4, -0.2) is 4.33 Å². The van der Waals surface area contributed by atoms with Crippen LogP contribution in [0.25, 0.3) is 0 Å². The van der Waals surface area contributed by atoms with Gasteiger partial charge in [-0.3, -0.25) is 0 Å². The summed E-state index contributed by atoms with van der Waals surface area (Å²) in [6, 6.07) is 0. The standard InChI is InChI=1S/C12H23NP2/c1-8-13-9(11(2,3)4)14-10(15-13)12(5,6)7/h8H2,1-7H3. The highest BCUT2D eigenvalue weighted by Crippen LogP contribution is 2.44. The van der Waals surface area contributed by atoms with Gasteiger partial charge in [0.25, 0.3) is 0 Å². The average Bonchev–Trinajstić information content (AvgIpc) is 2.44. The van der Waals surface area contributed by atoms with Crippen molar-refractivity contribution < 1.29 is 0 Å². The molecule has 0 amide bonds. The molecule has 0 aliphatic heterocycles. The molecule has 1 nitrogen and oxygen atoms in total. The Morgan fingerprint density at radius 2 is 1.53 bits per heavy atom. The van der Waals surface area contributed by atoms with E-state index < -0.39 is 0 Å². The molecule has 15 heavy (non-hydrogen) atoms. The van der Waals surface area contributed by atoms with Gasteiger partial charge in [-0.2, -0.15) is 0 Å². The maximum absolute atomic E-state index is 2.52. The minimum Gasteiger partial charge on any atom is -0.323 e. The quantitative estimate of drug-likeness (QED) is 0.633. The average molecular weight is 243 g/mol. The summed E-state index contributed by atoms with van der Waals surface area (Å²) < 4.78 is 2.52. The second kappa shape index (κ2) is 4.19. The molecule has 0 bridgehead atoms. The lowest BCUT2D eigenvalue weighted by Crippen LogP contribution is -2.14. The molecule has 1 aromatic rings. The summed E-state index contributed by atoms with van der Waals surface area (Å²) in [6.45, 7) is 17.3. The second-order valence-electron chi connectivity index (χ2n) is 6.07. The van der Waals surface area contributed by atoms with Crippen molar-refractivity contribution in [1.82, 2.24) is 4.33 Å². The molecule has 1 heterocycles. The number of rotatable bonds is 1. The Morgan fingerprint density at radius 1 is 1.00 bits per heavy atom. The number of aryl methyl sites for hydroxylation is 1. The Balaban J connectivity index is 3.24. The summed E-state index contributed by atoms with van der Waals surface area (Å²) in [6.07, 6.45) is 0. The highest BCUT2D eigenvalue weighted by molar-refractivity contribution is 7.47. The fraction of sp³-hybridized carbons (Fsp3) is 0.833. The van der Waals surface area contributed by atoms with Crippen LogP contribution in [0, 0.1) is 0 Å². The molecule has 0 saturated heterocycles. The molecule has 0 fully saturated rings. The maximum atomic E-state index is 2.52. The van der Waals surface area contributed by atoms with Crippen LogP contribution in [0.4, 0.5) is 0 Å². The van der Waals surface area contributed by atoms with E-state index in [9.17, 15) is 0 Å². The summed E-state index contributed by atoms with van der Waals surface area (Å²) >= 11 is 0. The molecule has 0 aromatic carbocycles. The van der Waals surface area contributed by atoms with Crippen LogP contribution < -0.4 is 0 Å². The number of aromatic nitrogens is 1. The summed E-state index contributed by atoms with van der Waals surface area (Å²) in [7, 11) is 2.89. The van der Waals surface area contributed by atoms with Gasteiger partial charge in [0.15, 0.2) is 0 Å². The predicted octanol–water partition coefficient (Wildman–Crippen LogP) is 5.26. The molecule has 0 unspecified atom stereocenters. The molecule has 0 spiro atoms. The summed E-state index contributed by atoms with van der Waals surface area (Å²) in [5.74, 6) is 0. The monoisotopic (exact) mass is 243 g/mol. The lowest BCUT2D eigenvalue weighted by atomic mass is 9.98. The fourth-order valence-electron chi connectivity index (χ4n) is 1.44. The molecule has 1 aromatic heterocycles. The fourth-order valence-corrected chi connectivity index (χ4v) is 4.68. The van der Waals surface area contributed by atoms with Crippen molar-refractivity contribution in [2.45, 2.75) is 65.8 Å². The Hall–Kier alpha value is 0.140. The molecular weight excluding hydrogens is 220 g/mol. The van der Waals surface area contributed by atoms with Crippen LogP contribution >= 0.6 is 16.5 Å². The van der Waals surface area contributed by atoms with Crippen LogP contribution in [-0.2, 0) is 17.4 Å². The molecule has 0 saturated carbocycles. The number of hydrogen-bond donors (Lipinski definition) is 0. The zero-order chi connectivity index (χ0) is 11.9. The minimum atomic E-state index is 0.303. The van der Waals surface area contributed by atoms with Crippen molar-refractivity contribution in [2.75, 3.05) is 0 Å². The van der Waals surface area contributed by atoms with E-state index in [1.165, 1.54) is 16.5 Å². The molecule has 1 rings (SSSR count). The molecule has 0 atom stereocenters. The Morgan fingerprint density at radius 3 is 1.80 bits per heavy atom. The summed E-state index contributed by atoms with van der Waals surface area (Å²) in [4.78, 5) is 0. The van der Waals surface area contributed by atoms with Gasteiger partial charge in [-0.1, -0.05) is 41.5 Å². The van der Waals surface area contributed by atoms with Crippen molar-refractivity contribution in [3.63, 3.8) is 0 Å². The first-order chi connectivity index (χ1) is 6.66. The van der Waals surface area contributed by atoms with Crippen LogP contribution in [0.15, 0.2) is 0 Å². The third-order valence-electron chi connectivity index (χ3n) is 2.31. The first kappa shape index (κ1) is 13.2. The first-order valence-electron chi connectivity index (χ1n) is 5.62. The molecule has 86 valence electrons. The highest BCUT2D eigenvalue weighted by Gasteiger charge is 2.24. The van der Waals surface area contributed by atoms with Gasteiger partial charge in [0.05, 0.1) is 5.43 Å². The molecule has 0 radical (unpaired) electrons. The van der Waals surface area contributed by atoms with Crippen molar-refractivity contribution in [2.24, 2.45) is 0 Å². The second-order valence-corrected chi connectivity index (χ2v) is 8.65. The van der Waals surface area contributed by atoms with Gasteiger partial charge in [-0.15, -0.1) is 0 Å². The van der Waals surface area contributed by atoms with Crippen LogP contribution in [0.3, 0.4) is 0 Å². The third-order valence-corrected chi connectivity index (χ3v) is 6.63. The van der Waals surface area contributed by atoms with E-state index in [4.69, 9.17) is 0 Å². The van der Waals surface area contributed by atoms with Gasteiger partial charge in [0.2, 0.25) is 0 Å². The topological polar surface area (TPSA) is 4.93 Å². The normalized spacial score (nSPS) is 14.3. The number of hydrogen-bond acceptors (Lipinski definition) is 0. The van der Waals surface area contributed by atoms with Gasteiger partial charge < -0.3 is 4.33 Å². The van der Waals surface area contributed by atoms with E-state index in [1.54, 1.807) is 10.5 Å². The molecule has 3 heteroatoms. The lowest BCUT2D eigenvalue weighted by Gasteiger charge is -2.19. The molecule has 0 aliphatic rings. The molecule has 0 aliphatic carbocycles. The predicted molar refractivity (Wildman–Crippen MR) is 72.5 cm³/mol. The third kappa shape index (κ3) is 3.05. The molecule has 0 N–H and O–H groups in total. The SMILES string of the molecule is CCn1pc(C(C)(C)C)pc1C(C)(C)C. The van der Waals surface area contributed by atoms with Crippen molar-refractivity contribution in [3.05, 3.63) is 10.5 Å². The van der Waals surface area contributed by atoms with Gasteiger partial charge >= 0.3 is 0 Å². The van der Waals surface area contributed by atoms with E-state index in [-0.39, 0.29) is 0 Å². The largest absolute Gasteiger partial charge is 0.323 e. The van der Waals surface area contributed by atoms with E-state index >= 15 is 0 Å². The van der Waals surface area contributed by atoms with Crippen molar-refractivity contribution in [3.8, 4) is 0 Å². The molecular formula is C12H23NP2. The van der Waals surface area contributed by atoms with Crippen LogP contribution in [0.1, 0.15) is 58.9 Å². The van der Waals surface area contributed by atoms with E-state index in [2.05, 4.69) is 52.8 Å². The number of nitrogens with zero attached hydrogens (tertiary/aromatic N) is 1. The Kier molecular flexibility index (Phi) is 3.69. The van der Waals surface area contributed by atoms with E-state index in [0.29, 0.717) is 10.8 Å².